The molecule has 1 aromatic carbocycles. The molecule has 0 aliphatic rings. The third-order valence-corrected chi connectivity index (χ3v) is 2.89. The Morgan fingerprint density at radius 1 is 1.28 bits per heavy atom. The third kappa shape index (κ3) is 2.25. The number of carbonyl (C=O) groups is 1. The van der Waals surface area contributed by atoms with Gasteiger partial charge in [0.25, 0.3) is 5.69 Å². The highest BCUT2D eigenvalue weighted by Crippen LogP contribution is 2.32. The lowest BCUT2D eigenvalue weighted by Gasteiger charge is -2.01. The molecule has 1 aromatic heterocycles. The van der Waals surface area contributed by atoms with Gasteiger partial charge in [-0.05, 0) is 34.1 Å². The summed E-state index contributed by atoms with van der Waals surface area (Å²) in [5, 5.41) is 21.1. The minimum Gasteiger partial charge on any atom is -0.542 e. The summed E-state index contributed by atoms with van der Waals surface area (Å²) >= 11 is 3.17. The first-order valence-electron chi connectivity index (χ1n) is 4.74. The van der Waals surface area contributed by atoms with E-state index < -0.39 is 10.9 Å². The van der Waals surface area contributed by atoms with Crippen molar-refractivity contribution in [2.24, 2.45) is 0 Å². The molecule has 7 heteroatoms. The molecule has 92 valence electrons. The van der Waals surface area contributed by atoms with Crippen molar-refractivity contribution in [3.8, 4) is 11.3 Å². The summed E-state index contributed by atoms with van der Waals surface area (Å²) in [5.41, 5.74) is 0.449. The number of benzene rings is 1. The normalized spacial score (nSPS) is 10.3. The average Bonchev–Trinajstić information content (AvgIpc) is 2.78. The van der Waals surface area contributed by atoms with E-state index in [-0.39, 0.29) is 17.2 Å². The molecule has 0 amide bonds. The first-order chi connectivity index (χ1) is 8.49. The SMILES string of the molecule is O=C([O-])c1ccc(-c2ccc([N+](=O)[O-])cc2Br)o1. The summed E-state index contributed by atoms with van der Waals surface area (Å²) in [6, 6.07) is 6.81. The summed E-state index contributed by atoms with van der Waals surface area (Å²) in [6.45, 7) is 0. The molecule has 0 fully saturated rings. The van der Waals surface area contributed by atoms with E-state index >= 15 is 0 Å². The molecule has 1 heterocycles. The fourth-order valence-corrected chi connectivity index (χ4v) is 1.97. The zero-order chi connectivity index (χ0) is 13.3. The van der Waals surface area contributed by atoms with Crippen LogP contribution in [-0.2, 0) is 0 Å². The van der Waals surface area contributed by atoms with Gasteiger partial charge in [0.1, 0.15) is 17.5 Å². The molecule has 0 saturated carbocycles. The van der Waals surface area contributed by atoms with Crippen molar-refractivity contribution in [3.63, 3.8) is 0 Å². The van der Waals surface area contributed by atoms with Crippen LogP contribution in [0.15, 0.2) is 39.2 Å². The van der Waals surface area contributed by atoms with Crippen molar-refractivity contribution in [1.82, 2.24) is 0 Å². The highest BCUT2D eigenvalue weighted by Gasteiger charge is 2.13. The monoisotopic (exact) mass is 310 g/mol. The second kappa shape index (κ2) is 4.61. The molecule has 18 heavy (non-hydrogen) atoms. The molecule has 0 bridgehead atoms. The standard InChI is InChI=1S/C11H6BrNO5/c12-8-5-6(13(16)17)1-2-7(8)9-3-4-10(18-9)11(14)15/h1-5H,(H,14,15)/p-1. The molecular formula is C11H5BrNO5-. The number of furan rings is 1. The minimum atomic E-state index is -1.42. The Morgan fingerprint density at radius 2 is 2.00 bits per heavy atom. The number of nitro benzene ring substituents is 1. The molecule has 2 rings (SSSR count). The number of hydrogen-bond donors (Lipinski definition) is 0. The van der Waals surface area contributed by atoms with Crippen LogP contribution in [0.25, 0.3) is 11.3 Å². The van der Waals surface area contributed by atoms with Gasteiger partial charge < -0.3 is 14.3 Å². The Balaban J connectivity index is 2.44. The van der Waals surface area contributed by atoms with Crippen molar-refractivity contribution < 1.29 is 19.2 Å². The number of nitro groups is 1. The minimum absolute atomic E-state index is 0.0719. The van der Waals surface area contributed by atoms with E-state index in [1.807, 2.05) is 0 Å². The number of aromatic carboxylic acids is 1. The van der Waals surface area contributed by atoms with Gasteiger partial charge in [0.05, 0.1) is 4.92 Å². The van der Waals surface area contributed by atoms with Gasteiger partial charge in [-0.1, -0.05) is 0 Å². The summed E-state index contributed by atoms with van der Waals surface area (Å²) in [6.07, 6.45) is 0. The highest BCUT2D eigenvalue weighted by molar-refractivity contribution is 9.10. The van der Waals surface area contributed by atoms with Crippen molar-refractivity contribution in [1.29, 1.82) is 0 Å². The van der Waals surface area contributed by atoms with Crippen molar-refractivity contribution in [2.75, 3.05) is 0 Å². The molecular weight excluding hydrogens is 306 g/mol. The van der Waals surface area contributed by atoms with E-state index in [4.69, 9.17) is 4.42 Å². The lowest BCUT2D eigenvalue weighted by molar-refractivity contribution is -0.384. The molecule has 0 aliphatic heterocycles. The zero-order valence-corrected chi connectivity index (χ0v) is 10.3. The van der Waals surface area contributed by atoms with E-state index in [1.54, 1.807) is 0 Å². The van der Waals surface area contributed by atoms with Crippen LogP contribution in [0.2, 0.25) is 0 Å². The first kappa shape index (κ1) is 12.3. The smallest absolute Gasteiger partial charge is 0.270 e. The van der Waals surface area contributed by atoms with Crippen molar-refractivity contribution in [2.45, 2.75) is 0 Å². The van der Waals surface area contributed by atoms with Gasteiger partial charge in [-0.15, -0.1) is 0 Å². The van der Waals surface area contributed by atoms with Crippen molar-refractivity contribution in [3.05, 3.63) is 50.7 Å². The van der Waals surface area contributed by atoms with Crippen LogP contribution >= 0.6 is 15.9 Å². The zero-order valence-electron chi connectivity index (χ0n) is 8.75. The molecule has 0 atom stereocenters. The fourth-order valence-electron chi connectivity index (χ4n) is 1.41. The number of rotatable bonds is 3. The number of hydrogen-bond acceptors (Lipinski definition) is 5. The summed E-state index contributed by atoms with van der Waals surface area (Å²) in [5.74, 6) is -1.43. The van der Waals surface area contributed by atoms with Crippen LogP contribution in [0.3, 0.4) is 0 Å². The fraction of sp³-hybridized carbons (Fsp3) is 0. The summed E-state index contributed by atoms with van der Waals surface area (Å²) in [7, 11) is 0. The van der Waals surface area contributed by atoms with E-state index in [1.165, 1.54) is 30.3 Å². The number of carbonyl (C=O) groups excluding carboxylic acids is 1. The largest absolute Gasteiger partial charge is 0.542 e. The van der Waals surface area contributed by atoms with Crippen LogP contribution in [0.5, 0.6) is 0 Å². The second-order valence-electron chi connectivity index (χ2n) is 3.37. The molecule has 0 N–H and O–H groups in total. The van der Waals surface area contributed by atoms with Gasteiger partial charge in [0, 0.05) is 22.2 Å². The maximum absolute atomic E-state index is 10.6. The van der Waals surface area contributed by atoms with Crippen LogP contribution < -0.4 is 5.11 Å². The predicted molar refractivity (Wildman–Crippen MR) is 62.8 cm³/mol. The molecule has 0 aliphatic carbocycles. The van der Waals surface area contributed by atoms with Gasteiger partial charge in [-0.25, -0.2) is 0 Å². The number of nitrogens with zero attached hydrogens (tertiary/aromatic N) is 1. The van der Waals surface area contributed by atoms with Crippen LogP contribution in [0.1, 0.15) is 10.6 Å². The van der Waals surface area contributed by atoms with E-state index in [0.29, 0.717) is 10.0 Å². The summed E-state index contributed by atoms with van der Waals surface area (Å²) < 4.78 is 5.49. The molecule has 0 spiro atoms. The Kier molecular flexibility index (Phi) is 3.15. The summed E-state index contributed by atoms with van der Waals surface area (Å²) in [4.78, 5) is 20.6. The lowest BCUT2D eigenvalue weighted by Crippen LogP contribution is -2.21. The van der Waals surface area contributed by atoms with Gasteiger partial charge in [-0.3, -0.25) is 10.1 Å². The van der Waals surface area contributed by atoms with Crippen LogP contribution in [0, 0.1) is 10.1 Å². The molecule has 0 unspecified atom stereocenters. The van der Waals surface area contributed by atoms with Crippen molar-refractivity contribution >= 4 is 27.6 Å². The van der Waals surface area contributed by atoms with Crippen LogP contribution in [0.4, 0.5) is 5.69 Å². The second-order valence-corrected chi connectivity index (χ2v) is 4.23. The number of non-ortho nitro benzene ring substituents is 1. The average molecular weight is 311 g/mol. The number of carboxylic acids is 1. The topological polar surface area (TPSA) is 96.4 Å². The quantitative estimate of drug-likeness (QED) is 0.638. The number of carboxylic acid groups (broad SMARTS) is 1. The van der Waals surface area contributed by atoms with Gasteiger partial charge >= 0.3 is 0 Å². The maximum Gasteiger partial charge on any atom is 0.270 e. The van der Waals surface area contributed by atoms with E-state index in [2.05, 4.69) is 15.9 Å². The molecule has 0 saturated heterocycles. The Hall–Kier alpha value is -2.15. The van der Waals surface area contributed by atoms with Gasteiger partial charge in [-0.2, -0.15) is 0 Å². The molecule has 6 nitrogen and oxygen atoms in total. The Labute approximate surface area is 109 Å². The predicted octanol–water partition coefficient (Wildman–Crippen LogP) is 1.98. The maximum atomic E-state index is 10.6. The Morgan fingerprint density at radius 3 is 2.50 bits per heavy atom. The number of halogens is 1. The van der Waals surface area contributed by atoms with Crippen LogP contribution in [-0.4, -0.2) is 10.9 Å². The van der Waals surface area contributed by atoms with Gasteiger partial charge in [0.2, 0.25) is 0 Å². The Bertz CT molecular complexity index is 634. The molecule has 0 radical (unpaired) electrons. The van der Waals surface area contributed by atoms with Gasteiger partial charge in [0.15, 0.2) is 0 Å². The first-order valence-corrected chi connectivity index (χ1v) is 5.54. The highest BCUT2D eigenvalue weighted by atomic mass is 79.9. The van der Waals surface area contributed by atoms with E-state index in [9.17, 15) is 20.0 Å². The lowest BCUT2D eigenvalue weighted by atomic mass is 10.1. The van der Waals surface area contributed by atoms with E-state index in [0.717, 1.165) is 0 Å². The third-order valence-electron chi connectivity index (χ3n) is 2.24. The molecule has 2 aromatic rings.